The van der Waals surface area contributed by atoms with E-state index in [0.717, 1.165) is 16.8 Å². The number of ether oxygens (including phenoxy) is 1. The maximum atomic E-state index is 12.7. The van der Waals surface area contributed by atoms with Crippen molar-refractivity contribution in [3.05, 3.63) is 84.9 Å². The Balaban J connectivity index is 1.32. The van der Waals surface area contributed by atoms with E-state index in [9.17, 15) is 4.79 Å². The molecule has 5 rings (SSSR count). The molecule has 0 bridgehead atoms. The van der Waals surface area contributed by atoms with Gasteiger partial charge in [0.15, 0.2) is 16.8 Å². The zero-order valence-electron chi connectivity index (χ0n) is 18.8. The Kier molecular flexibility index (Phi) is 6.53. The fourth-order valence-electron chi connectivity index (χ4n) is 3.52. The first-order chi connectivity index (χ1) is 17.2. The van der Waals surface area contributed by atoms with Crippen LogP contribution < -0.4 is 10.1 Å². The first-order valence-corrected chi connectivity index (χ1v) is 11.8. The zero-order chi connectivity index (χ0) is 24.0. The van der Waals surface area contributed by atoms with Crippen LogP contribution >= 0.6 is 11.8 Å². The van der Waals surface area contributed by atoms with Crippen LogP contribution in [0, 0.1) is 0 Å². The number of benzene rings is 3. The smallest absolute Gasteiger partial charge is 0.249 e. The van der Waals surface area contributed by atoms with E-state index in [-0.39, 0.29) is 17.6 Å². The molecule has 2 aromatic heterocycles. The molecule has 0 saturated heterocycles. The predicted molar refractivity (Wildman–Crippen MR) is 135 cm³/mol. The van der Waals surface area contributed by atoms with Gasteiger partial charge in [-0.15, -0.1) is 15.3 Å². The highest BCUT2D eigenvalue weighted by Gasteiger charge is 2.18. The number of aromatic amines is 1. The van der Waals surface area contributed by atoms with Crippen LogP contribution in [0.2, 0.25) is 0 Å². The minimum Gasteiger partial charge on any atom is -0.496 e. The second kappa shape index (κ2) is 10.2. The van der Waals surface area contributed by atoms with Gasteiger partial charge in [-0.25, -0.2) is 0 Å². The van der Waals surface area contributed by atoms with Crippen molar-refractivity contribution in [2.24, 2.45) is 0 Å². The monoisotopic (exact) mass is 483 g/mol. The summed E-state index contributed by atoms with van der Waals surface area (Å²) >= 11 is 1.29. The Morgan fingerprint density at radius 1 is 0.971 bits per heavy atom. The fraction of sp³-hybridized carbons (Fsp3) is 0.0800. The highest BCUT2D eigenvalue weighted by Crippen LogP contribution is 2.29. The molecule has 2 heterocycles. The van der Waals surface area contributed by atoms with Crippen molar-refractivity contribution in [1.29, 1.82) is 0 Å². The molecule has 0 atom stereocenters. The third kappa shape index (κ3) is 4.92. The maximum absolute atomic E-state index is 12.7. The number of amides is 1. The van der Waals surface area contributed by atoms with E-state index in [1.165, 1.54) is 11.8 Å². The summed E-state index contributed by atoms with van der Waals surface area (Å²) in [5.74, 6) is 1.90. The molecule has 0 radical (unpaired) electrons. The van der Waals surface area contributed by atoms with E-state index in [0.29, 0.717) is 22.6 Å². The van der Waals surface area contributed by atoms with Crippen LogP contribution in [-0.2, 0) is 4.79 Å². The van der Waals surface area contributed by atoms with E-state index < -0.39 is 0 Å². The third-order valence-corrected chi connectivity index (χ3v) is 6.04. The largest absolute Gasteiger partial charge is 0.496 e. The summed E-state index contributed by atoms with van der Waals surface area (Å²) in [4.78, 5) is 17.0. The number of para-hydroxylation sites is 2. The van der Waals surface area contributed by atoms with Crippen LogP contribution in [0.25, 0.3) is 28.5 Å². The summed E-state index contributed by atoms with van der Waals surface area (Å²) in [6, 6.07) is 27.1. The van der Waals surface area contributed by atoms with Crippen LogP contribution in [0.1, 0.15) is 0 Å². The van der Waals surface area contributed by atoms with Gasteiger partial charge in [0.25, 0.3) is 0 Å². The van der Waals surface area contributed by atoms with Crippen molar-refractivity contribution < 1.29 is 9.53 Å². The Morgan fingerprint density at radius 3 is 2.46 bits per heavy atom. The van der Waals surface area contributed by atoms with Crippen LogP contribution in [-0.4, -0.2) is 48.7 Å². The lowest BCUT2D eigenvalue weighted by Crippen LogP contribution is -2.15. The summed E-state index contributed by atoms with van der Waals surface area (Å²) < 4.78 is 7.31. The number of nitrogens with one attached hydrogen (secondary N) is 2. The first-order valence-electron chi connectivity index (χ1n) is 10.8. The van der Waals surface area contributed by atoms with Gasteiger partial charge >= 0.3 is 0 Å². The van der Waals surface area contributed by atoms with Crippen molar-refractivity contribution >= 4 is 23.6 Å². The van der Waals surface area contributed by atoms with Gasteiger partial charge in [-0.05, 0) is 24.3 Å². The molecule has 5 aromatic rings. The highest BCUT2D eigenvalue weighted by molar-refractivity contribution is 7.99. The average molecular weight is 484 g/mol. The second-order valence-corrected chi connectivity index (χ2v) is 8.33. The molecule has 0 saturated carbocycles. The van der Waals surface area contributed by atoms with Gasteiger partial charge in [-0.3, -0.25) is 19.8 Å². The lowest BCUT2D eigenvalue weighted by Gasteiger charge is -2.10. The molecular weight excluding hydrogens is 462 g/mol. The molecule has 174 valence electrons. The summed E-state index contributed by atoms with van der Waals surface area (Å²) in [7, 11) is 1.59. The number of thioether (sulfide) groups is 1. The second-order valence-electron chi connectivity index (χ2n) is 7.39. The van der Waals surface area contributed by atoms with Crippen molar-refractivity contribution in [2.75, 3.05) is 18.2 Å². The minimum atomic E-state index is -0.260. The topological polar surface area (TPSA) is 111 Å². The highest BCUT2D eigenvalue weighted by atomic mass is 32.2. The molecule has 0 aliphatic rings. The molecule has 0 aliphatic carbocycles. The molecule has 3 aromatic carbocycles. The quantitative estimate of drug-likeness (QED) is 0.314. The molecule has 9 nitrogen and oxygen atoms in total. The SMILES string of the molecule is COc1ccccc1-c1nc(NC(=O)CSc2nnc(-c3ccccc3)n2-c2ccccc2)n[nH]1. The summed E-state index contributed by atoms with van der Waals surface area (Å²) in [5.41, 5.74) is 2.60. The number of carbonyl (C=O) groups is 1. The van der Waals surface area contributed by atoms with Crippen molar-refractivity contribution in [2.45, 2.75) is 5.16 Å². The van der Waals surface area contributed by atoms with Gasteiger partial charge in [0.05, 0.1) is 18.4 Å². The van der Waals surface area contributed by atoms with Gasteiger partial charge in [0.2, 0.25) is 11.9 Å². The lowest BCUT2D eigenvalue weighted by molar-refractivity contribution is -0.113. The molecule has 0 aliphatic heterocycles. The number of methoxy groups -OCH3 is 1. The summed E-state index contributed by atoms with van der Waals surface area (Å²) in [6.45, 7) is 0. The Labute approximate surface area is 205 Å². The molecule has 0 fully saturated rings. The summed E-state index contributed by atoms with van der Waals surface area (Å²) in [6.07, 6.45) is 0. The van der Waals surface area contributed by atoms with Crippen LogP contribution in [0.15, 0.2) is 90.1 Å². The number of nitrogens with zero attached hydrogens (tertiary/aromatic N) is 5. The molecule has 0 unspecified atom stereocenters. The minimum absolute atomic E-state index is 0.109. The number of anilines is 1. The molecule has 1 amide bonds. The Morgan fingerprint density at radius 2 is 1.69 bits per heavy atom. The van der Waals surface area contributed by atoms with E-state index >= 15 is 0 Å². The van der Waals surface area contributed by atoms with Crippen molar-refractivity contribution in [1.82, 2.24) is 29.9 Å². The van der Waals surface area contributed by atoms with Crippen LogP contribution in [0.5, 0.6) is 5.75 Å². The van der Waals surface area contributed by atoms with Gasteiger partial charge in [-0.1, -0.05) is 72.4 Å². The average Bonchev–Trinajstić information content (AvgIpc) is 3.55. The number of H-pyrrole nitrogens is 1. The van der Waals surface area contributed by atoms with Crippen molar-refractivity contribution in [3.63, 3.8) is 0 Å². The first kappa shape index (κ1) is 22.4. The Bertz CT molecular complexity index is 1430. The fourth-order valence-corrected chi connectivity index (χ4v) is 4.27. The van der Waals surface area contributed by atoms with Gasteiger partial charge < -0.3 is 4.74 Å². The van der Waals surface area contributed by atoms with E-state index in [2.05, 4.69) is 30.7 Å². The number of hydrogen-bond donors (Lipinski definition) is 2. The predicted octanol–water partition coefficient (Wildman–Crippen LogP) is 4.46. The molecule has 2 N–H and O–H groups in total. The number of rotatable bonds is 8. The van der Waals surface area contributed by atoms with E-state index in [4.69, 9.17) is 4.74 Å². The molecule has 10 heteroatoms. The third-order valence-electron chi connectivity index (χ3n) is 5.11. The standard InChI is InChI=1S/C25H21N7O2S/c1-34-20-15-9-8-14-19(20)22-27-24(30-28-22)26-21(33)16-35-25-31-29-23(17-10-4-2-5-11-17)32(25)18-12-6-3-7-13-18/h2-15H,16H2,1H3,(H2,26,27,28,30,33). The van der Waals surface area contributed by atoms with Gasteiger partial charge in [0.1, 0.15) is 5.75 Å². The van der Waals surface area contributed by atoms with Crippen LogP contribution in [0.3, 0.4) is 0 Å². The normalized spacial score (nSPS) is 10.8. The zero-order valence-corrected chi connectivity index (χ0v) is 19.6. The number of carbonyl (C=O) groups excluding carboxylic acids is 1. The molecular formula is C25H21N7O2S. The van der Waals surface area contributed by atoms with Gasteiger partial charge in [0, 0.05) is 11.3 Å². The number of hydrogen-bond acceptors (Lipinski definition) is 7. The van der Waals surface area contributed by atoms with Gasteiger partial charge in [-0.2, -0.15) is 4.98 Å². The van der Waals surface area contributed by atoms with E-state index in [1.54, 1.807) is 7.11 Å². The number of aromatic nitrogens is 6. The van der Waals surface area contributed by atoms with Crippen molar-refractivity contribution in [3.8, 4) is 34.2 Å². The lowest BCUT2D eigenvalue weighted by atomic mass is 10.2. The van der Waals surface area contributed by atoms with E-state index in [1.807, 2.05) is 89.5 Å². The summed E-state index contributed by atoms with van der Waals surface area (Å²) in [5, 5.41) is 19.0. The maximum Gasteiger partial charge on any atom is 0.249 e. The molecule has 35 heavy (non-hydrogen) atoms. The Hall–Kier alpha value is -4.44. The molecule has 0 spiro atoms. The van der Waals surface area contributed by atoms with Crippen LogP contribution in [0.4, 0.5) is 5.95 Å².